The lowest BCUT2D eigenvalue weighted by Gasteiger charge is -2.33. The minimum Gasteiger partial charge on any atom is -0.308 e. The van der Waals surface area contributed by atoms with E-state index in [0.717, 1.165) is 37.2 Å². The van der Waals surface area contributed by atoms with E-state index in [1.54, 1.807) is 4.68 Å². The van der Waals surface area contributed by atoms with Crippen molar-refractivity contribution < 1.29 is 4.79 Å². The van der Waals surface area contributed by atoms with Crippen molar-refractivity contribution in [2.45, 2.75) is 52.1 Å². The lowest BCUT2D eigenvalue weighted by Crippen LogP contribution is -2.52. The van der Waals surface area contributed by atoms with Crippen molar-refractivity contribution in [3.8, 4) is 0 Å². The van der Waals surface area contributed by atoms with E-state index in [1.165, 1.54) is 0 Å². The zero-order valence-electron chi connectivity index (χ0n) is 12.3. The molecule has 0 radical (unpaired) electrons. The molecule has 2 heterocycles. The highest BCUT2D eigenvalue weighted by Crippen LogP contribution is 2.24. The molecule has 0 spiro atoms. The summed E-state index contributed by atoms with van der Waals surface area (Å²) in [7, 11) is 1.90. The molecule has 5 nitrogen and oxygen atoms in total. The molecule has 19 heavy (non-hydrogen) atoms. The summed E-state index contributed by atoms with van der Waals surface area (Å²) in [6.45, 7) is 7.03. The number of aromatic nitrogens is 2. The maximum absolute atomic E-state index is 12.6. The summed E-state index contributed by atoms with van der Waals surface area (Å²) >= 11 is 0. The second-order valence-corrected chi connectivity index (χ2v) is 5.49. The van der Waals surface area contributed by atoms with Crippen molar-refractivity contribution in [3.63, 3.8) is 0 Å². The number of aryl methyl sites for hydroxylation is 2. The first-order chi connectivity index (χ1) is 9.02. The second-order valence-electron chi connectivity index (χ2n) is 5.49. The van der Waals surface area contributed by atoms with Crippen LogP contribution in [0.2, 0.25) is 0 Å². The predicted octanol–water partition coefficient (Wildman–Crippen LogP) is 1.48. The number of rotatable bonds is 4. The third-order valence-corrected chi connectivity index (χ3v) is 3.48. The standard InChI is InChI=1S/C14H24N4O/c1-5-11-13(9-17(4)16-11)18-8-6-7-12(14(18)19)15-10(2)3/h9-10,12,15H,5-8H2,1-4H3. The topological polar surface area (TPSA) is 50.2 Å². The summed E-state index contributed by atoms with van der Waals surface area (Å²) in [5, 5.41) is 7.78. The maximum Gasteiger partial charge on any atom is 0.244 e. The van der Waals surface area contributed by atoms with Crippen LogP contribution >= 0.6 is 0 Å². The van der Waals surface area contributed by atoms with Crippen molar-refractivity contribution in [1.29, 1.82) is 0 Å². The first-order valence-corrected chi connectivity index (χ1v) is 7.12. The van der Waals surface area contributed by atoms with Crippen molar-refractivity contribution in [2.75, 3.05) is 11.4 Å². The molecule has 1 aromatic heterocycles. The van der Waals surface area contributed by atoms with Gasteiger partial charge in [0.15, 0.2) is 0 Å². The summed E-state index contributed by atoms with van der Waals surface area (Å²) in [4.78, 5) is 14.5. The van der Waals surface area contributed by atoms with Crippen LogP contribution in [-0.4, -0.2) is 34.3 Å². The maximum atomic E-state index is 12.6. The molecule has 1 saturated heterocycles. The molecule has 106 valence electrons. The molecule has 1 aromatic rings. The molecule has 1 unspecified atom stereocenters. The van der Waals surface area contributed by atoms with Gasteiger partial charge in [-0.3, -0.25) is 9.48 Å². The van der Waals surface area contributed by atoms with E-state index in [2.05, 4.69) is 31.2 Å². The average molecular weight is 264 g/mol. The first-order valence-electron chi connectivity index (χ1n) is 7.12. The molecule has 1 fully saturated rings. The van der Waals surface area contributed by atoms with Gasteiger partial charge in [0.05, 0.1) is 17.4 Å². The first kappa shape index (κ1) is 14.1. The van der Waals surface area contributed by atoms with Crippen LogP contribution in [0, 0.1) is 0 Å². The van der Waals surface area contributed by atoms with Crippen LogP contribution in [0.15, 0.2) is 6.20 Å². The fourth-order valence-electron chi connectivity index (χ4n) is 2.67. The molecule has 0 aliphatic carbocycles. The summed E-state index contributed by atoms with van der Waals surface area (Å²) in [5.74, 6) is 0.183. The number of piperidine rings is 1. The SMILES string of the molecule is CCc1nn(C)cc1N1CCCC(NC(C)C)C1=O. The minimum absolute atomic E-state index is 0.0568. The van der Waals surface area contributed by atoms with Gasteiger partial charge in [0.1, 0.15) is 0 Å². The summed E-state index contributed by atoms with van der Waals surface area (Å²) in [6, 6.07) is 0.270. The zero-order valence-corrected chi connectivity index (χ0v) is 12.3. The molecule has 1 atom stereocenters. The average Bonchev–Trinajstić information content (AvgIpc) is 2.72. The van der Waals surface area contributed by atoms with E-state index < -0.39 is 0 Å². The molecule has 0 bridgehead atoms. The molecule has 1 aliphatic rings. The highest BCUT2D eigenvalue weighted by molar-refractivity contribution is 5.98. The molecule has 0 saturated carbocycles. The van der Waals surface area contributed by atoms with Crippen LogP contribution in [0.1, 0.15) is 39.3 Å². The van der Waals surface area contributed by atoms with Gasteiger partial charge in [-0.25, -0.2) is 0 Å². The fourth-order valence-corrected chi connectivity index (χ4v) is 2.67. The van der Waals surface area contributed by atoms with E-state index in [1.807, 2.05) is 18.1 Å². The van der Waals surface area contributed by atoms with Gasteiger partial charge in [-0.05, 0) is 19.3 Å². The van der Waals surface area contributed by atoms with Crippen LogP contribution in [0.25, 0.3) is 0 Å². The van der Waals surface area contributed by atoms with Gasteiger partial charge in [-0.2, -0.15) is 5.10 Å². The minimum atomic E-state index is -0.0568. The van der Waals surface area contributed by atoms with Crippen molar-refractivity contribution in [2.24, 2.45) is 7.05 Å². The molecule has 2 rings (SSSR count). The van der Waals surface area contributed by atoms with Crippen LogP contribution < -0.4 is 10.2 Å². The Labute approximate surface area is 115 Å². The van der Waals surface area contributed by atoms with Gasteiger partial charge >= 0.3 is 0 Å². The number of carbonyl (C=O) groups is 1. The Morgan fingerprint density at radius 3 is 2.89 bits per heavy atom. The molecule has 1 aliphatic heterocycles. The number of nitrogens with zero attached hydrogens (tertiary/aromatic N) is 3. The number of hydrogen-bond donors (Lipinski definition) is 1. The molecule has 5 heteroatoms. The fraction of sp³-hybridized carbons (Fsp3) is 0.714. The van der Waals surface area contributed by atoms with E-state index in [9.17, 15) is 4.79 Å². The number of amides is 1. The Balaban J connectivity index is 2.21. The van der Waals surface area contributed by atoms with Crippen molar-refractivity contribution in [1.82, 2.24) is 15.1 Å². The molecule has 1 N–H and O–H groups in total. The molecule has 1 amide bonds. The van der Waals surface area contributed by atoms with Gasteiger partial charge in [0.25, 0.3) is 0 Å². The van der Waals surface area contributed by atoms with Crippen molar-refractivity contribution >= 4 is 11.6 Å². The molecule has 0 aromatic carbocycles. The monoisotopic (exact) mass is 264 g/mol. The lowest BCUT2D eigenvalue weighted by molar-refractivity contribution is -0.121. The summed E-state index contributed by atoms with van der Waals surface area (Å²) in [5.41, 5.74) is 1.98. The second kappa shape index (κ2) is 5.74. The van der Waals surface area contributed by atoms with Crippen LogP contribution in [-0.2, 0) is 18.3 Å². The zero-order chi connectivity index (χ0) is 14.0. The van der Waals surface area contributed by atoms with Crippen molar-refractivity contribution in [3.05, 3.63) is 11.9 Å². The third-order valence-electron chi connectivity index (χ3n) is 3.48. The van der Waals surface area contributed by atoms with Gasteiger partial charge in [-0.1, -0.05) is 20.8 Å². The van der Waals surface area contributed by atoms with Gasteiger partial charge in [0.2, 0.25) is 5.91 Å². The van der Waals surface area contributed by atoms with E-state index in [-0.39, 0.29) is 11.9 Å². The normalized spacial score (nSPS) is 20.4. The number of hydrogen-bond acceptors (Lipinski definition) is 3. The van der Waals surface area contributed by atoms with Crippen LogP contribution in [0.4, 0.5) is 5.69 Å². The van der Waals surface area contributed by atoms with E-state index in [4.69, 9.17) is 0 Å². The molecular formula is C14H24N4O. The Bertz CT molecular complexity index is 452. The molecular weight excluding hydrogens is 240 g/mol. The van der Waals surface area contributed by atoms with E-state index >= 15 is 0 Å². The summed E-state index contributed by atoms with van der Waals surface area (Å²) < 4.78 is 1.79. The number of nitrogens with one attached hydrogen (secondary N) is 1. The predicted molar refractivity (Wildman–Crippen MR) is 76.2 cm³/mol. The lowest BCUT2D eigenvalue weighted by atomic mass is 10.0. The smallest absolute Gasteiger partial charge is 0.244 e. The van der Waals surface area contributed by atoms with Gasteiger partial charge in [0, 0.05) is 25.8 Å². The van der Waals surface area contributed by atoms with Crippen LogP contribution in [0.5, 0.6) is 0 Å². The Morgan fingerprint density at radius 1 is 1.53 bits per heavy atom. The largest absolute Gasteiger partial charge is 0.308 e. The number of anilines is 1. The van der Waals surface area contributed by atoms with Gasteiger partial charge < -0.3 is 10.2 Å². The highest BCUT2D eigenvalue weighted by Gasteiger charge is 2.31. The Morgan fingerprint density at radius 2 is 2.26 bits per heavy atom. The highest BCUT2D eigenvalue weighted by atomic mass is 16.2. The third kappa shape index (κ3) is 2.97. The van der Waals surface area contributed by atoms with E-state index in [0.29, 0.717) is 6.04 Å². The summed E-state index contributed by atoms with van der Waals surface area (Å²) in [6.07, 6.45) is 4.76. The van der Waals surface area contributed by atoms with Crippen LogP contribution in [0.3, 0.4) is 0 Å². The van der Waals surface area contributed by atoms with Gasteiger partial charge in [-0.15, -0.1) is 0 Å². The quantitative estimate of drug-likeness (QED) is 0.896. The Hall–Kier alpha value is -1.36. The Kier molecular flexibility index (Phi) is 4.24. The number of carbonyl (C=O) groups excluding carboxylic acids is 1.